The molecule has 78 valence electrons. The van der Waals surface area contributed by atoms with Gasteiger partial charge in [0.05, 0.1) is 7.11 Å². The number of fused-ring (bicyclic) bond motifs is 1. The average Bonchev–Trinajstić information content (AvgIpc) is 2.26. The van der Waals surface area contributed by atoms with Crippen molar-refractivity contribution in [3.05, 3.63) is 39.7 Å². The van der Waals surface area contributed by atoms with Crippen LogP contribution in [-0.2, 0) is 0 Å². The summed E-state index contributed by atoms with van der Waals surface area (Å²) in [6, 6.07) is 5.64. The molecule has 0 amide bonds. The van der Waals surface area contributed by atoms with Gasteiger partial charge in [0.25, 0.3) is 5.56 Å². The number of nitrogens with one attached hydrogen (secondary N) is 1. The minimum Gasteiger partial charge on any atom is -0.497 e. The van der Waals surface area contributed by atoms with Gasteiger partial charge in [-0.1, -0.05) is 0 Å². The molecule has 0 bridgehead atoms. The third-order valence-corrected chi connectivity index (χ3v) is 2.78. The molecule has 0 aliphatic rings. The number of aryl methyl sites for hydroxylation is 1. The Morgan fingerprint density at radius 2 is 1.93 bits per heavy atom. The van der Waals surface area contributed by atoms with Crippen LogP contribution >= 0.6 is 0 Å². The maximum absolute atomic E-state index is 11.5. The lowest BCUT2D eigenvalue weighted by molar-refractivity contribution is 0.415. The van der Waals surface area contributed by atoms with Crippen molar-refractivity contribution in [1.82, 2.24) is 4.98 Å². The predicted molar refractivity (Wildman–Crippen MR) is 60.6 cm³/mol. The largest absolute Gasteiger partial charge is 0.497 e. The molecule has 1 aromatic carbocycles. The smallest absolute Gasteiger partial charge is 0.251 e. The molecule has 1 N–H and O–H groups in total. The summed E-state index contributed by atoms with van der Waals surface area (Å²) in [4.78, 5) is 14.4. The Balaban J connectivity index is 2.87. The Morgan fingerprint density at radius 3 is 2.60 bits per heavy atom. The minimum atomic E-state index is -0.0230. The number of H-pyrrole nitrogens is 1. The molecule has 3 heteroatoms. The Labute approximate surface area is 87.7 Å². The van der Waals surface area contributed by atoms with Crippen LogP contribution in [0, 0.1) is 13.8 Å². The van der Waals surface area contributed by atoms with Crippen molar-refractivity contribution in [2.45, 2.75) is 13.8 Å². The number of benzene rings is 1. The van der Waals surface area contributed by atoms with Crippen molar-refractivity contribution in [2.24, 2.45) is 0 Å². The van der Waals surface area contributed by atoms with E-state index in [0.717, 1.165) is 27.8 Å². The van der Waals surface area contributed by atoms with Gasteiger partial charge in [-0.05, 0) is 37.6 Å². The van der Waals surface area contributed by atoms with E-state index in [-0.39, 0.29) is 5.56 Å². The summed E-state index contributed by atoms with van der Waals surface area (Å²) in [5.41, 5.74) is 2.59. The second-order valence-corrected chi connectivity index (χ2v) is 3.62. The van der Waals surface area contributed by atoms with E-state index in [1.165, 1.54) is 0 Å². The van der Waals surface area contributed by atoms with Crippen LogP contribution in [0.5, 0.6) is 5.75 Å². The fourth-order valence-corrected chi connectivity index (χ4v) is 1.66. The molecule has 0 saturated carbocycles. The number of ether oxygens (including phenoxy) is 1. The number of rotatable bonds is 1. The van der Waals surface area contributed by atoms with Crippen molar-refractivity contribution in [1.29, 1.82) is 0 Å². The zero-order valence-corrected chi connectivity index (χ0v) is 9.05. The van der Waals surface area contributed by atoms with E-state index < -0.39 is 0 Å². The molecular weight excluding hydrogens is 190 g/mol. The third kappa shape index (κ3) is 1.50. The van der Waals surface area contributed by atoms with E-state index in [9.17, 15) is 4.79 Å². The van der Waals surface area contributed by atoms with E-state index in [0.29, 0.717) is 0 Å². The number of pyridine rings is 1. The number of aromatic nitrogens is 1. The first-order chi connectivity index (χ1) is 7.13. The van der Waals surface area contributed by atoms with Gasteiger partial charge < -0.3 is 9.72 Å². The van der Waals surface area contributed by atoms with Gasteiger partial charge >= 0.3 is 0 Å². The third-order valence-electron chi connectivity index (χ3n) is 2.78. The van der Waals surface area contributed by atoms with Crippen LogP contribution in [0.3, 0.4) is 0 Å². The van der Waals surface area contributed by atoms with Crippen molar-refractivity contribution >= 4 is 10.9 Å². The molecular formula is C12H13NO2. The van der Waals surface area contributed by atoms with Crippen molar-refractivity contribution in [2.75, 3.05) is 7.11 Å². The summed E-state index contributed by atoms with van der Waals surface area (Å²) < 4.78 is 5.16. The molecule has 0 saturated heterocycles. The lowest BCUT2D eigenvalue weighted by atomic mass is 10.1. The van der Waals surface area contributed by atoms with E-state index in [4.69, 9.17) is 4.74 Å². The van der Waals surface area contributed by atoms with Crippen LogP contribution in [0.2, 0.25) is 0 Å². The first kappa shape index (κ1) is 9.77. The molecule has 15 heavy (non-hydrogen) atoms. The van der Waals surface area contributed by atoms with Gasteiger partial charge in [-0.3, -0.25) is 4.79 Å². The van der Waals surface area contributed by atoms with Crippen LogP contribution in [0.4, 0.5) is 0 Å². The van der Waals surface area contributed by atoms with E-state index in [1.54, 1.807) is 7.11 Å². The minimum absolute atomic E-state index is 0.0230. The predicted octanol–water partition coefficient (Wildman–Crippen LogP) is 2.15. The van der Waals surface area contributed by atoms with Crippen molar-refractivity contribution in [3.8, 4) is 5.75 Å². The zero-order valence-electron chi connectivity index (χ0n) is 9.05. The first-order valence-corrected chi connectivity index (χ1v) is 4.80. The Morgan fingerprint density at radius 1 is 1.20 bits per heavy atom. The van der Waals surface area contributed by atoms with Gasteiger partial charge in [0, 0.05) is 16.5 Å². The highest BCUT2D eigenvalue weighted by molar-refractivity contribution is 5.84. The number of aromatic amines is 1. The molecule has 2 aromatic rings. The molecule has 2 rings (SSSR count). The Bertz CT molecular complexity index is 570. The fraction of sp³-hybridized carbons (Fsp3) is 0.250. The Hall–Kier alpha value is -1.77. The fourth-order valence-electron chi connectivity index (χ4n) is 1.66. The summed E-state index contributed by atoms with van der Waals surface area (Å²) in [6.07, 6.45) is 0. The monoisotopic (exact) mass is 203 g/mol. The maximum atomic E-state index is 11.5. The normalized spacial score (nSPS) is 10.6. The lowest BCUT2D eigenvalue weighted by Gasteiger charge is -2.06. The standard InChI is InChI=1S/C12H13NO2/c1-7-8(2)12(14)13-11-5-4-9(15-3)6-10(7)11/h4-6H,1-3H3,(H,13,14). The second-order valence-electron chi connectivity index (χ2n) is 3.62. The molecule has 0 spiro atoms. The van der Waals surface area contributed by atoms with Gasteiger partial charge in [0.2, 0.25) is 0 Å². The van der Waals surface area contributed by atoms with Gasteiger partial charge in [-0.25, -0.2) is 0 Å². The van der Waals surface area contributed by atoms with Crippen molar-refractivity contribution < 1.29 is 4.74 Å². The van der Waals surface area contributed by atoms with Crippen LogP contribution < -0.4 is 10.3 Å². The molecule has 0 fully saturated rings. The molecule has 1 aromatic heterocycles. The number of hydrogen-bond donors (Lipinski definition) is 1. The molecule has 0 aliphatic heterocycles. The van der Waals surface area contributed by atoms with Crippen LogP contribution in [0.25, 0.3) is 10.9 Å². The van der Waals surface area contributed by atoms with E-state index in [1.807, 2.05) is 32.0 Å². The molecule has 0 radical (unpaired) electrons. The van der Waals surface area contributed by atoms with Gasteiger partial charge in [-0.2, -0.15) is 0 Å². The molecule has 0 unspecified atom stereocenters. The number of methoxy groups -OCH3 is 1. The van der Waals surface area contributed by atoms with Crippen LogP contribution in [0.15, 0.2) is 23.0 Å². The van der Waals surface area contributed by atoms with Crippen LogP contribution in [-0.4, -0.2) is 12.1 Å². The zero-order chi connectivity index (χ0) is 11.0. The maximum Gasteiger partial charge on any atom is 0.251 e. The topological polar surface area (TPSA) is 42.1 Å². The average molecular weight is 203 g/mol. The van der Waals surface area contributed by atoms with Gasteiger partial charge in [-0.15, -0.1) is 0 Å². The lowest BCUT2D eigenvalue weighted by Crippen LogP contribution is -2.11. The van der Waals surface area contributed by atoms with E-state index in [2.05, 4.69) is 4.98 Å². The highest BCUT2D eigenvalue weighted by Gasteiger charge is 2.05. The molecule has 3 nitrogen and oxygen atoms in total. The second kappa shape index (κ2) is 3.42. The molecule has 0 aliphatic carbocycles. The van der Waals surface area contributed by atoms with Gasteiger partial charge in [0.15, 0.2) is 0 Å². The molecule has 0 atom stereocenters. The SMILES string of the molecule is COc1ccc2[nH]c(=O)c(C)c(C)c2c1. The highest BCUT2D eigenvalue weighted by Crippen LogP contribution is 2.22. The quantitative estimate of drug-likeness (QED) is 0.771. The van der Waals surface area contributed by atoms with E-state index >= 15 is 0 Å². The summed E-state index contributed by atoms with van der Waals surface area (Å²) in [7, 11) is 1.63. The van der Waals surface area contributed by atoms with Crippen molar-refractivity contribution in [3.63, 3.8) is 0 Å². The molecule has 1 heterocycles. The number of hydrogen-bond acceptors (Lipinski definition) is 2. The van der Waals surface area contributed by atoms with Crippen LogP contribution in [0.1, 0.15) is 11.1 Å². The van der Waals surface area contributed by atoms with Gasteiger partial charge in [0.1, 0.15) is 5.75 Å². The summed E-state index contributed by atoms with van der Waals surface area (Å²) >= 11 is 0. The summed E-state index contributed by atoms with van der Waals surface area (Å²) in [5, 5.41) is 1.03. The Kier molecular flexibility index (Phi) is 2.23. The summed E-state index contributed by atoms with van der Waals surface area (Å²) in [5.74, 6) is 0.803. The first-order valence-electron chi connectivity index (χ1n) is 4.80. The summed E-state index contributed by atoms with van der Waals surface area (Å²) in [6.45, 7) is 3.78. The highest BCUT2D eigenvalue weighted by atomic mass is 16.5.